The number of furan rings is 1. The van der Waals surface area contributed by atoms with E-state index in [1.165, 1.54) is 29.1 Å². The highest BCUT2D eigenvalue weighted by Gasteiger charge is 2.28. The van der Waals surface area contributed by atoms with Gasteiger partial charge in [0.05, 0.1) is 31.3 Å². The maximum absolute atomic E-state index is 11.9. The van der Waals surface area contributed by atoms with E-state index < -0.39 is 10.0 Å². The number of sulfonamides is 1. The Labute approximate surface area is 124 Å². The summed E-state index contributed by atoms with van der Waals surface area (Å²) >= 11 is 0. The fourth-order valence-corrected chi connectivity index (χ4v) is 3.16. The van der Waals surface area contributed by atoms with Crippen LogP contribution in [0.1, 0.15) is 35.9 Å². The van der Waals surface area contributed by atoms with Crippen LogP contribution in [0.25, 0.3) is 0 Å². The maximum Gasteiger partial charge on any atom is 0.211 e. The second kappa shape index (κ2) is 5.31. The molecule has 1 aliphatic carbocycles. The van der Waals surface area contributed by atoms with Gasteiger partial charge in [-0.1, -0.05) is 0 Å². The van der Waals surface area contributed by atoms with E-state index in [-0.39, 0.29) is 13.1 Å². The van der Waals surface area contributed by atoms with Crippen molar-refractivity contribution in [2.24, 2.45) is 7.05 Å². The third kappa shape index (κ3) is 3.36. The smallest absolute Gasteiger partial charge is 0.211 e. The molecule has 0 spiro atoms. The van der Waals surface area contributed by atoms with Crippen molar-refractivity contribution in [3.63, 3.8) is 0 Å². The molecule has 1 fully saturated rings. The van der Waals surface area contributed by atoms with E-state index in [4.69, 9.17) is 4.42 Å². The predicted octanol–water partition coefficient (Wildman–Crippen LogP) is 1.85. The van der Waals surface area contributed by atoms with Crippen LogP contribution in [0.3, 0.4) is 0 Å². The molecule has 2 aromatic heterocycles. The first-order chi connectivity index (χ1) is 9.93. The zero-order valence-electron chi connectivity index (χ0n) is 12.2. The summed E-state index contributed by atoms with van der Waals surface area (Å²) < 4.78 is 32.4. The summed E-state index contributed by atoms with van der Waals surface area (Å²) in [7, 11) is -1.41. The van der Waals surface area contributed by atoms with E-state index >= 15 is 0 Å². The molecule has 21 heavy (non-hydrogen) atoms. The Morgan fingerprint density at radius 1 is 1.43 bits per heavy atom. The third-order valence-electron chi connectivity index (χ3n) is 3.68. The van der Waals surface area contributed by atoms with Gasteiger partial charge in [0.1, 0.15) is 5.76 Å². The van der Waals surface area contributed by atoms with Crippen molar-refractivity contribution in [2.75, 3.05) is 6.26 Å². The lowest BCUT2D eigenvalue weighted by atomic mass is 10.2. The quantitative estimate of drug-likeness (QED) is 0.816. The van der Waals surface area contributed by atoms with Gasteiger partial charge in [-0.25, -0.2) is 8.42 Å². The number of hydrogen-bond donors (Lipinski definition) is 0. The molecule has 0 radical (unpaired) electrons. The van der Waals surface area contributed by atoms with Crippen LogP contribution >= 0.6 is 0 Å². The van der Waals surface area contributed by atoms with Crippen molar-refractivity contribution in [1.82, 2.24) is 14.1 Å². The van der Waals surface area contributed by atoms with Gasteiger partial charge in [-0.2, -0.15) is 9.40 Å². The first-order valence-electron chi connectivity index (χ1n) is 6.94. The molecule has 0 bridgehead atoms. The Bertz CT molecular complexity index is 715. The zero-order valence-corrected chi connectivity index (χ0v) is 13.0. The van der Waals surface area contributed by atoms with Gasteiger partial charge in [-0.3, -0.25) is 4.68 Å². The summed E-state index contributed by atoms with van der Waals surface area (Å²) in [6, 6.07) is 5.53. The Hall–Kier alpha value is -1.60. The van der Waals surface area contributed by atoms with Crippen LogP contribution in [0.2, 0.25) is 0 Å². The molecule has 0 atom stereocenters. The highest BCUT2D eigenvalue weighted by Crippen LogP contribution is 2.40. The topological polar surface area (TPSA) is 68.3 Å². The third-order valence-corrected chi connectivity index (χ3v) is 4.88. The lowest BCUT2D eigenvalue weighted by Crippen LogP contribution is -2.29. The van der Waals surface area contributed by atoms with E-state index in [9.17, 15) is 8.42 Å². The minimum atomic E-state index is -3.32. The predicted molar refractivity (Wildman–Crippen MR) is 78.0 cm³/mol. The van der Waals surface area contributed by atoms with Crippen molar-refractivity contribution >= 4 is 10.0 Å². The highest BCUT2D eigenvalue weighted by atomic mass is 32.2. The van der Waals surface area contributed by atoms with Crippen molar-refractivity contribution in [1.29, 1.82) is 0 Å². The summed E-state index contributed by atoms with van der Waals surface area (Å²) in [5.41, 5.74) is 1.97. The SMILES string of the molecule is Cn1nc(CN(Cc2ccco2)S(C)(=O)=O)cc1C1CC1. The van der Waals surface area contributed by atoms with Crippen molar-refractivity contribution in [2.45, 2.75) is 31.8 Å². The van der Waals surface area contributed by atoms with Gasteiger partial charge < -0.3 is 4.42 Å². The van der Waals surface area contributed by atoms with Gasteiger partial charge >= 0.3 is 0 Å². The van der Waals surface area contributed by atoms with Crippen LogP contribution in [-0.4, -0.2) is 28.8 Å². The summed E-state index contributed by atoms with van der Waals surface area (Å²) in [5, 5.41) is 4.43. The standard InChI is InChI=1S/C14H19N3O3S/c1-16-14(11-5-6-11)8-12(15-16)9-17(21(2,18)19)10-13-4-3-7-20-13/h3-4,7-8,11H,5-6,9-10H2,1-2H3. The van der Waals surface area contributed by atoms with Crippen molar-refractivity contribution < 1.29 is 12.8 Å². The summed E-state index contributed by atoms with van der Waals surface area (Å²) in [6.45, 7) is 0.487. The first kappa shape index (κ1) is 14.3. The van der Waals surface area contributed by atoms with E-state index in [1.54, 1.807) is 18.4 Å². The molecule has 0 amide bonds. The molecule has 0 aromatic carbocycles. The molecule has 114 valence electrons. The minimum absolute atomic E-state index is 0.223. The van der Waals surface area contributed by atoms with E-state index in [1.807, 2.05) is 17.8 Å². The maximum atomic E-state index is 11.9. The van der Waals surface area contributed by atoms with Crippen LogP contribution in [0, 0.1) is 0 Å². The molecule has 2 aromatic rings. The monoisotopic (exact) mass is 309 g/mol. The minimum Gasteiger partial charge on any atom is -0.468 e. The van der Waals surface area contributed by atoms with Crippen molar-refractivity contribution in [3.8, 4) is 0 Å². The largest absolute Gasteiger partial charge is 0.468 e. The summed E-state index contributed by atoms with van der Waals surface area (Å²) in [5.74, 6) is 1.21. The Balaban J connectivity index is 1.79. The molecule has 6 nitrogen and oxygen atoms in total. The zero-order chi connectivity index (χ0) is 15.0. The van der Waals surface area contributed by atoms with Gasteiger partial charge in [0.25, 0.3) is 0 Å². The lowest BCUT2D eigenvalue weighted by Gasteiger charge is -2.17. The molecule has 0 saturated heterocycles. The van der Waals surface area contributed by atoms with Gasteiger partial charge in [0.2, 0.25) is 10.0 Å². The number of aryl methyl sites for hydroxylation is 1. The van der Waals surface area contributed by atoms with Crippen LogP contribution in [0.4, 0.5) is 0 Å². The normalized spacial score (nSPS) is 15.8. The number of aromatic nitrogens is 2. The summed E-state index contributed by atoms with van der Waals surface area (Å²) in [6.07, 6.45) is 5.14. The van der Waals surface area contributed by atoms with Crippen LogP contribution < -0.4 is 0 Å². The molecule has 1 aliphatic rings. The molecule has 7 heteroatoms. The van der Waals surface area contributed by atoms with Gasteiger partial charge in [0.15, 0.2) is 0 Å². The van der Waals surface area contributed by atoms with Crippen LogP contribution in [0.5, 0.6) is 0 Å². The van der Waals surface area contributed by atoms with E-state index in [2.05, 4.69) is 5.10 Å². The number of rotatable bonds is 6. The Morgan fingerprint density at radius 3 is 2.76 bits per heavy atom. The van der Waals surface area contributed by atoms with Gasteiger partial charge in [-0.15, -0.1) is 0 Å². The molecule has 2 heterocycles. The fraction of sp³-hybridized carbons (Fsp3) is 0.500. The van der Waals surface area contributed by atoms with Crippen LogP contribution in [-0.2, 0) is 30.2 Å². The molecular formula is C14H19N3O3S. The Morgan fingerprint density at radius 2 is 2.19 bits per heavy atom. The fourth-order valence-electron chi connectivity index (χ4n) is 2.43. The highest BCUT2D eigenvalue weighted by molar-refractivity contribution is 7.88. The van der Waals surface area contributed by atoms with Crippen molar-refractivity contribution in [3.05, 3.63) is 41.6 Å². The summed E-state index contributed by atoms with van der Waals surface area (Å²) in [4.78, 5) is 0. The van der Waals surface area contributed by atoms with E-state index in [0.29, 0.717) is 11.7 Å². The second-order valence-corrected chi connectivity index (χ2v) is 7.55. The average Bonchev–Trinajstić information content (AvgIpc) is 2.97. The average molecular weight is 309 g/mol. The molecular weight excluding hydrogens is 290 g/mol. The lowest BCUT2D eigenvalue weighted by molar-refractivity contribution is 0.357. The van der Waals surface area contributed by atoms with Gasteiger partial charge in [0, 0.05) is 18.7 Å². The number of hydrogen-bond acceptors (Lipinski definition) is 4. The molecule has 0 N–H and O–H groups in total. The Kier molecular flexibility index (Phi) is 3.62. The molecule has 0 unspecified atom stereocenters. The van der Waals surface area contributed by atoms with E-state index in [0.717, 1.165) is 5.69 Å². The second-order valence-electron chi connectivity index (χ2n) is 5.57. The number of nitrogens with zero attached hydrogens (tertiary/aromatic N) is 3. The van der Waals surface area contributed by atoms with Crippen LogP contribution in [0.15, 0.2) is 28.9 Å². The molecule has 3 rings (SSSR count). The molecule has 1 saturated carbocycles. The van der Waals surface area contributed by atoms with Gasteiger partial charge in [-0.05, 0) is 31.0 Å². The molecule has 0 aliphatic heterocycles. The first-order valence-corrected chi connectivity index (χ1v) is 8.78.